The van der Waals surface area contributed by atoms with Gasteiger partial charge in [0.1, 0.15) is 0 Å². The van der Waals surface area contributed by atoms with Gasteiger partial charge in [0, 0.05) is 58.8 Å². The average molecular weight is 371 g/mol. The molecule has 4 rings (SSSR count). The van der Waals surface area contributed by atoms with Gasteiger partial charge in [-0.1, -0.05) is 30.3 Å². The van der Waals surface area contributed by atoms with E-state index in [4.69, 9.17) is 0 Å². The predicted octanol–water partition coefficient (Wildman–Crippen LogP) is 1.80. The van der Waals surface area contributed by atoms with E-state index in [0.29, 0.717) is 17.7 Å². The zero-order chi connectivity index (χ0) is 18.5. The monoisotopic (exact) mass is 370 g/mol. The van der Waals surface area contributed by atoms with Crippen molar-refractivity contribution >= 4 is 5.91 Å². The molecule has 27 heavy (non-hydrogen) atoms. The Hall–Kier alpha value is -1.43. The third-order valence-electron chi connectivity index (χ3n) is 6.62. The van der Waals surface area contributed by atoms with Crippen LogP contribution < -0.4 is 5.32 Å². The van der Waals surface area contributed by atoms with Crippen LogP contribution in [0.5, 0.6) is 0 Å². The van der Waals surface area contributed by atoms with E-state index >= 15 is 0 Å². The Kier molecular flexibility index (Phi) is 6.11. The van der Waals surface area contributed by atoms with Gasteiger partial charge >= 0.3 is 0 Å². The molecule has 5 heteroatoms. The Morgan fingerprint density at radius 1 is 0.963 bits per heavy atom. The van der Waals surface area contributed by atoms with Crippen LogP contribution in [-0.2, 0) is 11.3 Å². The van der Waals surface area contributed by atoms with E-state index in [1.807, 2.05) is 4.90 Å². The third-order valence-corrected chi connectivity index (χ3v) is 6.62. The highest BCUT2D eigenvalue weighted by molar-refractivity contribution is 5.76. The number of piperidine rings is 1. The van der Waals surface area contributed by atoms with Gasteiger partial charge in [-0.05, 0) is 43.3 Å². The number of nitrogens with one attached hydrogen (secondary N) is 1. The van der Waals surface area contributed by atoms with E-state index in [-0.39, 0.29) is 0 Å². The highest BCUT2D eigenvalue weighted by Crippen LogP contribution is 2.39. The number of piperazine rings is 1. The van der Waals surface area contributed by atoms with Gasteiger partial charge in [0.2, 0.25) is 5.91 Å². The summed E-state index contributed by atoms with van der Waals surface area (Å²) in [5.41, 5.74) is 1.87. The molecule has 0 radical (unpaired) electrons. The first kappa shape index (κ1) is 18.9. The lowest BCUT2D eigenvalue weighted by molar-refractivity contribution is -0.132. The van der Waals surface area contributed by atoms with Gasteiger partial charge in [-0.2, -0.15) is 0 Å². The minimum Gasteiger partial charge on any atom is -0.340 e. The number of amides is 1. The lowest BCUT2D eigenvalue weighted by Gasteiger charge is -2.40. The number of carbonyl (C=O) groups is 1. The molecule has 148 valence electrons. The Morgan fingerprint density at radius 2 is 1.74 bits per heavy atom. The molecule has 0 aromatic heterocycles. The molecule has 3 aliphatic rings. The molecule has 5 nitrogen and oxygen atoms in total. The normalized spacial score (nSPS) is 27.3. The fraction of sp³-hybridized carbons (Fsp3) is 0.682. The number of benzene rings is 1. The molecule has 1 unspecified atom stereocenters. The van der Waals surface area contributed by atoms with Gasteiger partial charge in [0.25, 0.3) is 0 Å². The first-order valence-corrected chi connectivity index (χ1v) is 10.7. The van der Waals surface area contributed by atoms with Crippen molar-refractivity contribution in [2.24, 2.45) is 5.41 Å². The second-order valence-corrected chi connectivity index (χ2v) is 8.71. The summed E-state index contributed by atoms with van der Waals surface area (Å²) in [6, 6.07) is 10.9. The highest BCUT2D eigenvalue weighted by Gasteiger charge is 2.41. The third kappa shape index (κ3) is 4.89. The standard InChI is InChI=1S/C22H34N4O/c27-21(26-15-10-23-11-16-26)7-13-24-14-9-22(18-24)8-4-12-25(19-22)17-20-5-2-1-3-6-20/h1-3,5-6,23H,4,7-19H2. The molecule has 1 aromatic carbocycles. The van der Waals surface area contributed by atoms with Crippen molar-refractivity contribution in [1.82, 2.24) is 20.0 Å². The van der Waals surface area contributed by atoms with Crippen LogP contribution in [0.15, 0.2) is 30.3 Å². The van der Waals surface area contributed by atoms with Crippen molar-refractivity contribution in [3.05, 3.63) is 35.9 Å². The molecule has 1 N–H and O–H groups in total. The van der Waals surface area contributed by atoms with E-state index < -0.39 is 0 Å². The van der Waals surface area contributed by atoms with Crippen LogP contribution in [0, 0.1) is 5.41 Å². The summed E-state index contributed by atoms with van der Waals surface area (Å²) in [7, 11) is 0. The second-order valence-electron chi connectivity index (χ2n) is 8.71. The molecule has 3 heterocycles. The van der Waals surface area contributed by atoms with E-state index in [1.165, 1.54) is 44.5 Å². The van der Waals surface area contributed by atoms with Crippen LogP contribution in [0.2, 0.25) is 0 Å². The van der Waals surface area contributed by atoms with Crippen LogP contribution in [0.4, 0.5) is 0 Å². The zero-order valence-electron chi connectivity index (χ0n) is 16.5. The maximum atomic E-state index is 12.4. The summed E-state index contributed by atoms with van der Waals surface area (Å²) in [6.07, 6.45) is 4.63. The first-order chi connectivity index (χ1) is 13.2. The SMILES string of the molecule is O=C(CCN1CCC2(CCCN(Cc3ccccc3)C2)C1)N1CCNCC1. The average Bonchev–Trinajstić information content (AvgIpc) is 3.09. The Bertz CT molecular complexity index is 616. The topological polar surface area (TPSA) is 38.8 Å². The Labute approximate surface area is 163 Å². The number of hydrogen-bond acceptors (Lipinski definition) is 4. The lowest BCUT2D eigenvalue weighted by Crippen LogP contribution is -2.47. The van der Waals surface area contributed by atoms with Gasteiger partial charge in [-0.25, -0.2) is 0 Å². The number of rotatable bonds is 5. The van der Waals surface area contributed by atoms with Crippen LogP contribution >= 0.6 is 0 Å². The summed E-state index contributed by atoms with van der Waals surface area (Å²) in [5.74, 6) is 0.340. The molecule has 1 atom stereocenters. The van der Waals surface area contributed by atoms with Crippen molar-refractivity contribution < 1.29 is 4.79 Å². The Balaban J connectivity index is 1.25. The maximum Gasteiger partial charge on any atom is 0.223 e. The van der Waals surface area contributed by atoms with E-state index in [2.05, 4.69) is 45.4 Å². The fourth-order valence-electron chi connectivity index (χ4n) is 5.16. The van der Waals surface area contributed by atoms with Gasteiger partial charge in [0.15, 0.2) is 0 Å². The van der Waals surface area contributed by atoms with Gasteiger partial charge in [0.05, 0.1) is 0 Å². The van der Waals surface area contributed by atoms with Crippen LogP contribution in [0.1, 0.15) is 31.2 Å². The highest BCUT2D eigenvalue weighted by atomic mass is 16.2. The van der Waals surface area contributed by atoms with Crippen molar-refractivity contribution in [1.29, 1.82) is 0 Å². The summed E-state index contributed by atoms with van der Waals surface area (Å²) < 4.78 is 0. The second kappa shape index (κ2) is 8.72. The molecule has 3 aliphatic heterocycles. The molecule has 1 spiro atoms. The van der Waals surface area contributed by atoms with Crippen LogP contribution in [-0.4, -0.2) is 79.5 Å². The molecule has 1 aromatic rings. The lowest BCUT2D eigenvalue weighted by atomic mass is 9.79. The Morgan fingerprint density at radius 3 is 2.56 bits per heavy atom. The smallest absolute Gasteiger partial charge is 0.223 e. The van der Waals surface area contributed by atoms with Gasteiger partial charge < -0.3 is 15.1 Å². The van der Waals surface area contributed by atoms with Crippen molar-refractivity contribution in [3.63, 3.8) is 0 Å². The fourth-order valence-corrected chi connectivity index (χ4v) is 5.16. The summed E-state index contributed by atoms with van der Waals surface area (Å²) in [6.45, 7) is 10.4. The van der Waals surface area contributed by atoms with Crippen molar-refractivity contribution in [3.8, 4) is 0 Å². The van der Waals surface area contributed by atoms with E-state index in [1.54, 1.807) is 0 Å². The van der Waals surface area contributed by atoms with E-state index in [0.717, 1.165) is 45.8 Å². The molecule has 3 saturated heterocycles. The maximum absolute atomic E-state index is 12.4. The zero-order valence-corrected chi connectivity index (χ0v) is 16.5. The van der Waals surface area contributed by atoms with E-state index in [9.17, 15) is 4.79 Å². The first-order valence-electron chi connectivity index (χ1n) is 10.7. The molecule has 1 amide bonds. The molecule has 0 saturated carbocycles. The molecular weight excluding hydrogens is 336 g/mol. The van der Waals surface area contributed by atoms with Crippen LogP contribution in [0.3, 0.4) is 0 Å². The van der Waals surface area contributed by atoms with Crippen molar-refractivity contribution in [2.45, 2.75) is 32.2 Å². The quantitative estimate of drug-likeness (QED) is 0.858. The van der Waals surface area contributed by atoms with Gasteiger partial charge in [-0.15, -0.1) is 0 Å². The molecular formula is C22H34N4O. The van der Waals surface area contributed by atoms with Crippen LogP contribution in [0.25, 0.3) is 0 Å². The molecule has 0 bridgehead atoms. The number of carbonyl (C=O) groups excluding carboxylic acids is 1. The van der Waals surface area contributed by atoms with Gasteiger partial charge in [-0.3, -0.25) is 9.69 Å². The predicted molar refractivity (Wildman–Crippen MR) is 109 cm³/mol. The summed E-state index contributed by atoms with van der Waals surface area (Å²) in [4.78, 5) is 19.7. The summed E-state index contributed by atoms with van der Waals surface area (Å²) >= 11 is 0. The number of hydrogen-bond donors (Lipinski definition) is 1. The minimum atomic E-state index is 0.340. The largest absolute Gasteiger partial charge is 0.340 e. The molecule has 0 aliphatic carbocycles. The van der Waals surface area contributed by atoms with Crippen molar-refractivity contribution in [2.75, 3.05) is 58.9 Å². The minimum absolute atomic E-state index is 0.340. The summed E-state index contributed by atoms with van der Waals surface area (Å²) in [5, 5.41) is 3.32. The molecule has 3 fully saturated rings. The number of likely N-dealkylation sites (tertiary alicyclic amines) is 2. The number of nitrogens with zero attached hydrogens (tertiary/aromatic N) is 3.